The summed E-state index contributed by atoms with van der Waals surface area (Å²) in [6.07, 6.45) is 8.96. The van der Waals surface area contributed by atoms with Crippen LogP contribution in [-0.2, 0) is 0 Å². The zero-order valence-corrected chi connectivity index (χ0v) is 19.3. The van der Waals surface area contributed by atoms with Crippen molar-refractivity contribution in [2.75, 3.05) is 42.6 Å². The van der Waals surface area contributed by atoms with Gasteiger partial charge in [0.25, 0.3) is 0 Å². The molecule has 0 amide bonds. The summed E-state index contributed by atoms with van der Waals surface area (Å²) in [4.78, 5) is 13.3. The van der Waals surface area contributed by atoms with E-state index >= 15 is 4.39 Å². The number of benzene rings is 1. The first-order chi connectivity index (χ1) is 17.1. The third-order valence-electron chi connectivity index (χ3n) is 6.64. The van der Waals surface area contributed by atoms with E-state index in [4.69, 9.17) is 10.5 Å². The quantitative estimate of drug-likeness (QED) is 0.328. The van der Waals surface area contributed by atoms with Crippen molar-refractivity contribution in [1.82, 2.24) is 30.0 Å². The Morgan fingerprint density at radius 1 is 1.14 bits per heavy atom. The van der Waals surface area contributed by atoms with Crippen molar-refractivity contribution in [2.24, 2.45) is 0 Å². The highest BCUT2D eigenvalue weighted by Crippen LogP contribution is 2.39. The molecule has 3 aromatic heterocycles. The van der Waals surface area contributed by atoms with Gasteiger partial charge in [-0.25, -0.2) is 19.3 Å². The number of rotatable bonds is 4. The lowest BCUT2D eigenvalue weighted by Crippen LogP contribution is -2.29. The second-order valence-electron chi connectivity index (χ2n) is 8.85. The molecule has 0 aliphatic carbocycles. The van der Waals surface area contributed by atoms with Crippen LogP contribution in [0.5, 0.6) is 5.88 Å². The van der Waals surface area contributed by atoms with Crippen molar-refractivity contribution in [3.05, 3.63) is 42.2 Å². The minimum absolute atomic E-state index is 0.00380. The molecule has 1 saturated heterocycles. The topological polar surface area (TPSA) is 128 Å². The molecule has 6 rings (SSSR count). The fourth-order valence-electron chi connectivity index (χ4n) is 4.73. The van der Waals surface area contributed by atoms with Crippen LogP contribution in [0.1, 0.15) is 24.4 Å². The van der Waals surface area contributed by atoms with Crippen molar-refractivity contribution >= 4 is 33.9 Å². The van der Waals surface area contributed by atoms with Gasteiger partial charge < -0.3 is 26.4 Å². The van der Waals surface area contributed by atoms with Gasteiger partial charge in [0, 0.05) is 41.6 Å². The largest absolute Gasteiger partial charge is 0.474 e. The SMILES string of the molecule is Cc1c(-c2cc3nc(Nc4cnn(C5CCNCC5)c4)ncc3c(N)c2F)cnc2c1NCCO2. The molecule has 0 unspecified atom stereocenters. The number of nitrogens with zero attached hydrogens (tertiary/aromatic N) is 5. The van der Waals surface area contributed by atoms with E-state index in [2.05, 4.69) is 36.0 Å². The highest BCUT2D eigenvalue weighted by Gasteiger charge is 2.22. The molecular formula is C24H26FN9O. The maximum absolute atomic E-state index is 15.4. The molecule has 35 heavy (non-hydrogen) atoms. The zero-order chi connectivity index (χ0) is 23.9. The van der Waals surface area contributed by atoms with E-state index in [-0.39, 0.29) is 5.69 Å². The van der Waals surface area contributed by atoms with Gasteiger partial charge in [-0.2, -0.15) is 5.10 Å². The van der Waals surface area contributed by atoms with Gasteiger partial charge in [0.15, 0.2) is 5.82 Å². The lowest BCUT2D eigenvalue weighted by Gasteiger charge is -2.22. The summed E-state index contributed by atoms with van der Waals surface area (Å²) in [6, 6.07) is 2.06. The van der Waals surface area contributed by atoms with Gasteiger partial charge in [-0.15, -0.1) is 0 Å². The Hall–Kier alpha value is -3.99. The Labute approximate surface area is 201 Å². The van der Waals surface area contributed by atoms with Gasteiger partial charge in [-0.1, -0.05) is 0 Å². The Morgan fingerprint density at radius 2 is 2.00 bits per heavy atom. The predicted octanol–water partition coefficient (Wildman–Crippen LogP) is 3.39. The summed E-state index contributed by atoms with van der Waals surface area (Å²) in [5.41, 5.74) is 10.1. The summed E-state index contributed by atoms with van der Waals surface area (Å²) in [6.45, 7) is 5.09. The maximum Gasteiger partial charge on any atom is 0.237 e. The molecule has 4 aromatic rings. The molecule has 180 valence electrons. The Kier molecular flexibility index (Phi) is 5.33. The van der Waals surface area contributed by atoms with E-state index in [9.17, 15) is 0 Å². The first kappa shape index (κ1) is 21.5. The second kappa shape index (κ2) is 8.66. The summed E-state index contributed by atoms with van der Waals surface area (Å²) >= 11 is 0. The number of pyridine rings is 1. The average molecular weight is 476 g/mol. The second-order valence-corrected chi connectivity index (χ2v) is 8.85. The summed E-state index contributed by atoms with van der Waals surface area (Å²) in [5.74, 6) is 0.381. The van der Waals surface area contributed by atoms with Crippen LogP contribution >= 0.6 is 0 Å². The van der Waals surface area contributed by atoms with Crippen LogP contribution in [0.3, 0.4) is 0 Å². The molecule has 0 bridgehead atoms. The first-order valence-electron chi connectivity index (χ1n) is 11.7. The minimum atomic E-state index is -0.522. The van der Waals surface area contributed by atoms with Gasteiger partial charge in [0.05, 0.1) is 29.1 Å². The number of anilines is 4. The van der Waals surface area contributed by atoms with Crippen LogP contribution in [0.25, 0.3) is 22.0 Å². The third-order valence-corrected chi connectivity index (χ3v) is 6.64. The number of ether oxygens (including phenoxy) is 1. The van der Waals surface area contributed by atoms with E-state index in [0.717, 1.165) is 42.9 Å². The highest BCUT2D eigenvalue weighted by atomic mass is 19.1. The number of hydrogen-bond acceptors (Lipinski definition) is 9. The molecule has 10 nitrogen and oxygen atoms in total. The van der Waals surface area contributed by atoms with E-state index < -0.39 is 5.82 Å². The number of nitrogen functional groups attached to an aromatic ring is 1. The first-order valence-corrected chi connectivity index (χ1v) is 11.7. The average Bonchev–Trinajstić information content (AvgIpc) is 3.36. The lowest BCUT2D eigenvalue weighted by molar-refractivity contribution is 0.310. The number of piperidine rings is 1. The highest BCUT2D eigenvalue weighted by molar-refractivity contribution is 5.96. The molecule has 11 heteroatoms. The van der Waals surface area contributed by atoms with E-state index in [1.165, 1.54) is 6.20 Å². The van der Waals surface area contributed by atoms with Crippen LogP contribution in [0.4, 0.5) is 27.4 Å². The molecule has 0 atom stereocenters. The maximum atomic E-state index is 15.4. The molecule has 2 aliphatic heterocycles. The normalized spacial score (nSPS) is 15.9. The zero-order valence-electron chi connectivity index (χ0n) is 19.3. The van der Waals surface area contributed by atoms with Gasteiger partial charge >= 0.3 is 0 Å². The fraction of sp³-hybridized carbons (Fsp3) is 0.333. The van der Waals surface area contributed by atoms with Crippen LogP contribution in [0.15, 0.2) is 30.9 Å². The number of hydrogen-bond donors (Lipinski definition) is 4. The van der Waals surface area contributed by atoms with Crippen molar-refractivity contribution in [2.45, 2.75) is 25.8 Å². The predicted molar refractivity (Wildman–Crippen MR) is 133 cm³/mol. The molecular weight excluding hydrogens is 449 g/mol. The summed E-state index contributed by atoms with van der Waals surface area (Å²) in [7, 11) is 0. The van der Waals surface area contributed by atoms with Crippen molar-refractivity contribution < 1.29 is 9.13 Å². The fourth-order valence-corrected chi connectivity index (χ4v) is 4.73. The van der Waals surface area contributed by atoms with Crippen LogP contribution in [0, 0.1) is 12.7 Å². The van der Waals surface area contributed by atoms with E-state index in [0.29, 0.717) is 53.1 Å². The van der Waals surface area contributed by atoms with Crippen molar-refractivity contribution in [1.29, 1.82) is 0 Å². The van der Waals surface area contributed by atoms with Crippen LogP contribution in [-0.4, -0.2) is 51.0 Å². The number of fused-ring (bicyclic) bond motifs is 2. The van der Waals surface area contributed by atoms with Crippen LogP contribution < -0.4 is 26.4 Å². The van der Waals surface area contributed by atoms with E-state index in [1.54, 1.807) is 18.5 Å². The summed E-state index contributed by atoms with van der Waals surface area (Å²) < 4.78 is 23.0. The van der Waals surface area contributed by atoms with E-state index in [1.807, 2.05) is 17.8 Å². The molecule has 1 fully saturated rings. The molecule has 5 heterocycles. The molecule has 0 radical (unpaired) electrons. The summed E-state index contributed by atoms with van der Waals surface area (Å²) in [5, 5.41) is 14.8. The third kappa shape index (κ3) is 3.87. The van der Waals surface area contributed by atoms with Crippen molar-refractivity contribution in [3.8, 4) is 17.0 Å². The lowest BCUT2D eigenvalue weighted by atomic mass is 9.98. The number of halogens is 1. The minimum Gasteiger partial charge on any atom is -0.474 e. The molecule has 2 aliphatic rings. The Balaban J connectivity index is 1.34. The monoisotopic (exact) mass is 475 g/mol. The number of aromatic nitrogens is 5. The van der Waals surface area contributed by atoms with Gasteiger partial charge in [0.2, 0.25) is 11.8 Å². The van der Waals surface area contributed by atoms with Crippen molar-refractivity contribution in [3.63, 3.8) is 0 Å². The molecule has 1 aromatic carbocycles. The van der Waals surface area contributed by atoms with Gasteiger partial charge in [-0.05, 0) is 44.5 Å². The number of nitrogens with one attached hydrogen (secondary N) is 3. The van der Waals surface area contributed by atoms with Crippen LogP contribution in [0.2, 0.25) is 0 Å². The van der Waals surface area contributed by atoms with Gasteiger partial charge in [-0.3, -0.25) is 4.68 Å². The Bertz CT molecular complexity index is 1410. The molecule has 0 spiro atoms. The molecule has 5 N–H and O–H groups in total. The Morgan fingerprint density at radius 3 is 2.86 bits per heavy atom. The standard InChI is InChI=1S/C24H26FN9O/c1-13-17(10-29-23-22(13)28-6-7-35-23)16-8-19-18(21(26)20(16)25)11-30-24(33-19)32-14-9-31-34(12-14)15-2-4-27-5-3-15/h8-12,15,27-28H,2-7,26H2,1H3,(H,30,32,33). The smallest absolute Gasteiger partial charge is 0.237 e. The van der Waals surface area contributed by atoms with Gasteiger partial charge in [0.1, 0.15) is 12.3 Å². The number of nitrogens with two attached hydrogens (primary N) is 1. The molecule has 0 saturated carbocycles.